The lowest BCUT2D eigenvalue weighted by Gasteiger charge is -2.26. The van der Waals surface area contributed by atoms with Gasteiger partial charge in [0.1, 0.15) is 4.99 Å². The summed E-state index contributed by atoms with van der Waals surface area (Å²) in [5, 5.41) is 5.85. The molecule has 3 N–H and O–H groups in total. The highest BCUT2D eigenvalue weighted by atomic mass is 32.1. The fraction of sp³-hybridized carbons (Fsp3) is 0.312. The van der Waals surface area contributed by atoms with Crippen molar-refractivity contribution in [2.45, 2.75) is 18.9 Å². The molecule has 3 nitrogen and oxygen atoms in total. The molecule has 3 rings (SSSR count). The summed E-state index contributed by atoms with van der Waals surface area (Å²) in [6.07, 6.45) is 1.01. The number of fused-ring (bicyclic) bond motifs is 1. The van der Waals surface area contributed by atoms with Crippen molar-refractivity contribution in [2.75, 3.05) is 18.5 Å². The van der Waals surface area contributed by atoms with E-state index in [0.29, 0.717) is 4.99 Å². The predicted molar refractivity (Wildman–Crippen MR) is 87.3 cm³/mol. The molecule has 1 saturated heterocycles. The summed E-state index contributed by atoms with van der Waals surface area (Å²) >= 11 is 5.14. The van der Waals surface area contributed by atoms with Gasteiger partial charge in [-0.3, -0.25) is 0 Å². The molecule has 104 valence electrons. The van der Waals surface area contributed by atoms with Gasteiger partial charge >= 0.3 is 0 Å². The van der Waals surface area contributed by atoms with Crippen molar-refractivity contribution < 1.29 is 4.74 Å². The second-order valence-corrected chi connectivity index (χ2v) is 6.00. The van der Waals surface area contributed by atoms with Crippen molar-refractivity contribution in [3.8, 4) is 0 Å². The fourth-order valence-corrected chi connectivity index (χ4v) is 2.89. The third-order valence-corrected chi connectivity index (χ3v) is 4.06. The summed E-state index contributed by atoms with van der Waals surface area (Å²) in [5.74, 6) is 0. The topological polar surface area (TPSA) is 47.3 Å². The monoisotopic (exact) mass is 286 g/mol. The van der Waals surface area contributed by atoms with E-state index in [1.54, 1.807) is 0 Å². The van der Waals surface area contributed by atoms with Gasteiger partial charge in [-0.05, 0) is 30.9 Å². The Hall–Kier alpha value is -1.65. The number of anilines is 1. The minimum atomic E-state index is -0.00644. The van der Waals surface area contributed by atoms with Gasteiger partial charge in [0.25, 0.3) is 0 Å². The smallest absolute Gasteiger partial charge is 0.104 e. The van der Waals surface area contributed by atoms with Crippen molar-refractivity contribution in [1.82, 2.24) is 0 Å². The first-order valence-electron chi connectivity index (χ1n) is 6.77. The Morgan fingerprint density at radius 3 is 2.65 bits per heavy atom. The van der Waals surface area contributed by atoms with Crippen LogP contribution in [0, 0.1) is 0 Å². The molecule has 0 radical (unpaired) electrons. The number of hydrogen-bond donors (Lipinski definition) is 2. The van der Waals surface area contributed by atoms with Gasteiger partial charge in [-0.1, -0.05) is 36.5 Å². The summed E-state index contributed by atoms with van der Waals surface area (Å²) in [7, 11) is 0. The van der Waals surface area contributed by atoms with Gasteiger partial charge in [-0.2, -0.15) is 0 Å². The highest BCUT2D eigenvalue weighted by Crippen LogP contribution is 2.31. The van der Waals surface area contributed by atoms with Gasteiger partial charge in [0.15, 0.2) is 0 Å². The van der Waals surface area contributed by atoms with Crippen LogP contribution in [0.15, 0.2) is 36.4 Å². The van der Waals surface area contributed by atoms with Gasteiger partial charge in [-0.15, -0.1) is 0 Å². The Morgan fingerprint density at radius 2 is 2.00 bits per heavy atom. The fourth-order valence-electron chi connectivity index (χ4n) is 2.71. The third kappa shape index (κ3) is 2.37. The molecule has 0 amide bonds. The first-order valence-corrected chi connectivity index (χ1v) is 7.17. The third-order valence-electron chi connectivity index (χ3n) is 3.84. The van der Waals surface area contributed by atoms with E-state index < -0.39 is 0 Å². The molecule has 1 atom stereocenters. The molecule has 0 aromatic heterocycles. The molecule has 20 heavy (non-hydrogen) atoms. The van der Waals surface area contributed by atoms with Crippen LogP contribution in [0.2, 0.25) is 0 Å². The average molecular weight is 286 g/mol. The molecular formula is C16H18N2OS. The first kappa shape index (κ1) is 13.3. The number of ether oxygens (including phenoxy) is 1. The van der Waals surface area contributed by atoms with E-state index in [9.17, 15) is 0 Å². The number of hydrogen-bond acceptors (Lipinski definition) is 3. The lowest BCUT2D eigenvalue weighted by molar-refractivity contribution is 0.185. The van der Waals surface area contributed by atoms with E-state index in [4.69, 9.17) is 22.7 Å². The summed E-state index contributed by atoms with van der Waals surface area (Å²) in [6.45, 7) is 3.74. The Balaban J connectivity index is 2.08. The number of rotatable bonds is 3. The van der Waals surface area contributed by atoms with Gasteiger partial charge in [-0.25, -0.2) is 0 Å². The predicted octanol–water partition coefficient (Wildman–Crippen LogP) is 3.06. The van der Waals surface area contributed by atoms with Crippen LogP contribution in [0.5, 0.6) is 0 Å². The number of nitrogens with one attached hydrogen (secondary N) is 1. The molecule has 0 spiro atoms. The SMILES string of the molecule is CC1(Nc2ccc(C(N)=S)c3ccccc23)CCOC1. The molecule has 4 heteroatoms. The Bertz CT molecular complexity index is 663. The highest BCUT2D eigenvalue weighted by molar-refractivity contribution is 7.80. The molecule has 2 aromatic rings. The van der Waals surface area contributed by atoms with E-state index in [1.165, 1.54) is 0 Å². The Kier molecular flexibility index (Phi) is 3.36. The van der Waals surface area contributed by atoms with Crippen LogP contribution in [0.25, 0.3) is 10.8 Å². The zero-order valence-corrected chi connectivity index (χ0v) is 12.3. The molecule has 1 unspecified atom stereocenters. The Morgan fingerprint density at radius 1 is 1.25 bits per heavy atom. The van der Waals surface area contributed by atoms with Crippen LogP contribution in [0.3, 0.4) is 0 Å². The zero-order chi connectivity index (χ0) is 14.2. The van der Waals surface area contributed by atoms with Gasteiger partial charge in [0.05, 0.1) is 12.1 Å². The molecule has 1 aliphatic heterocycles. The van der Waals surface area contributed by atoms with Crippen molar-refractivity contribution in [3.05, 3.63) is 42.0 Å². The normalized spacial score (nSPS) is 22.1. The van der Waals surface area contributed by atoms with E-state index in [0.717, 1.165) is 41.7 Å². The summed E-state index contributed by atoms with van der Waals surface area (Å²) < 4.78 is 5.50. The first-order chi connectivity index (χ1) is 9.59. The molecule has 1 heterocycles. The quantitative estimate of drug-likeness (QED) is 0.851. The lowest BCUT2D eigenvalue weighted by atomic mass is 9.98. The number of thiocarbonyl (C=S) groups is 1. The molecule has 1 fully saturated rings. The van der Waals surface area contributed by atoms with Crippen LogP contribution in [-0.4, -0.2) is 23.7 Å². The summed E-state index contributed by atoms with van der Waals surface area (Å²) in [4.78, 5) is 0.433. The minimum absolute atomic E-state index is 0.00644. The van der Waals surface area contributed by atoms with E-state index in [1.807, 2.05) is 18.2 Å². The molecule has 1 aliphatic rings. The van der Waals surface area contributed by atoms with Crippen molar-refractivity contribution in [3.63, 3.8) is 0 Å². The molecule has 2 aromatic carbocycles. The summed E-state index contributed by atoms with van der Waals surface area (Å²) in [6, 6.07) is 12.2. The molecule has 0 saturated carbocycles. The number of benzene rings is 2. The average Bonchev–Trinajstić information content (AvgIpc) is 2.85. The Labute approximate surface area is 124 Å². The van der Waals surface area contributed by atoms with Crippen molar-refractivity contribution in [1.29, 1.82) is 0 Å². The van der Waals surface area contributed by atoms with Crippen LogP contribution >= 0.6 is 12.2 Å². The minimum Gasteiger partial charge on any atom is -0.389 e. The lowest BCUT2D eigenvalue weighted by Crippen LogP contribution is -2.35. The molecular weight excluding hydrogens is 268 g/mol. The van der Waals surface area contributed by atoms with Gasteiger partial charge in [0, 0.05) is 23.2 Å². The standard InChI is InChI=1S/C16H18N2OS/c1-16(8-9-19-10-16)18-14-7-6-13(15(17)20)11-4-2-3-5-12(11)14/h2-7,18H,8-10H2,1H3,(H2,17,20). The number of nitrogens with two attached hydrogens (primary N) is 1. The van der Waals surface area contributed by atoms with Crippen LogP contribution < -0.4 is 11.1 Å². The van der Waals surface area contributed by atoms with Gasteiger partial charge in [0.2, 0.25) is 0 Å². The van der Waals surface area contributed by atoms with Crippen LogP contribution in [0.1, 0.15) is 18.9 Å². The maximum atomic E-state index is 5.81. The second-order valence-electron chi connectivity index (χ2n) is 5.56. The van der Waals surface area contributed by atoms with Gasteiger partial charge < -0.3 is 15.8 Å². The van der Waals surface area contributed by atoms with E-state index >= 15 is 0 Å². The van der Waals surface area contributed by atoms with E-state index in [2.05, 4.69) is 30.4 Å². The van der Waals surface area contributed by atoms with E-state index in [-0.39, 0.29) is 5.54 Å². The van der Waals surface area contributed by atoms with Crippen molar-refractivity contribution >= 4 is 33.7 Å². The largest absolute Gasteiger partial charge is 0.389 e. The summed E-state index contributed by atoms with van der Waals surface area (Å²) in [5.41, 5.74) is 7.83. The van der Waals surface area contributed by atoms with Crippen LogP contribution in [-0.2, 0) is 4.74 Å². The maximum absolute atomic E-state index is 5.81. The highest BCUT2D eigenvalue weighted by Gasteiger charge is 2.29. The zero-order valence-electron chi connectivity index (χ0n) is 11.5. The molecule has 0 aliphatic carbocycles. The van der Waals surface area contributed by atoms with Crippen LogP contribution in [0.4, 0.5) is 5.69 Å². The van der Waals surface area contributed by atoms with Crippen molar-refractivity contribution in [2.24, 2.45) is 5.73 Å². The molecule has 0 bridgehead atoms. The second kappa shape index (κ2) is 5.04. The maximum Gasteiger partial charge on any atom is 0.104 e.